The summed E-state index contributed by atoms with van der Waals surface area (Å²) in [6, 6.07) is 0. The van der Waals surface area contributed by atoms with Crippen LogP contribution in [-0.4, -0.2) is 21.8 Å². The molecule has 0 aromatic heterocycles. The van der Waals surface area contributed by atoms with Crippen molar-refractivity contribution < 1.29 is 72.1 Å². The summed E-state index contributed by atoms with van der Waals surface area (Å²) < 4.78 is 117. The molecule has 17 heavy (non-hydrogen) atoms. The molecule has 0 unspecified atom stereocenters. The monoisotopic (exact) mass is 305 g/mol. The molecule has 0 fully saturated rings. The van der Waals surface area contributed by atoms with Crippen LogP contribution in [0, 0.1) is 0 Å². The fourth-order valence-corrected chi connectivity index (χ4v) is 0. The van der Waals surface area contributed by atoms with Crippen molar-refractivity contribution in [2.45, 2.75) is 0 Å². The number of halogens is 13. The van der Waals surface area contributed by atoms with Crippen LogP contribution in [0.25, 0.3) is 0 Å². The molecule has 0 spiro atoms. The van der Waals surface area contributed by atoms with E-state index in [9.17, 15) is 51.8 Å². The Morgan fingerprint density at radius 1 is 0.412 bits per heavy atom. The third kappa shape index (κ3) is 56200. The van der Waals surface area contributed by atoms with Crippen LogP contribution >= 0.6 is 12.4 Å². The van der Waals surface area contributed by atoms with E-state index in [0.717, 1.165) is 0 Å². The molecule has 0 aromatic rings. The number of hydrogen-bond acceptors (Lipinski definition) is 0. The zero-order valence-corrected chi connectivity index (χ0v) is 8.49. The number of rotatable bonds is 0. The molecule has 0 rings (SSSR count). The summed E-state index contributed by atoms with van der Waals surface area (Å²) >= 11 is 0. The summed E-state index contributed by atoms with van der Waals surface area (Å²) in [5.41, 5.74) is 0. The van der Waals surface area contributed by atoms with Gasteiger partial charge in [-0.05, 0) is 0 Å². The van der Waals surface area contributed by atoms with Gasteiger partial charge in [0.2, 0.25) is 0 Å². The van der Waals surface area contributed by atoms with Gasteiger partial charge < -0.3 is 53.2 Å². The second kappa shape index (κ2) is 11.3. The molecule has 106 valence electrons. The fourth-order valence-electron chi connectivity index (χ4n) is 0. The smallest absolute Gasteiger partial charge is 1.00 e. The Bertz CT molecular complexity index is 102. The summed E-state index contributed by atoms with van der Waals surface area (Å²) in [4.78, 5) is 0. The van der Waals surface area contributed by atoms with Gasteiger partial charge in [-0.2, -0.15) is 0 Å². The van der Waals surface area contributed by atoms with E-state index >= 15 is 0 Å². The van der Waals surface area contributed by atoms with E-state index in [-0.39, 0.29) is 32.7 Å². The van der Waals surface area contributed by atoms with Gasteiger partial charge in [0.15, 0.2) is 0 Å². The van der Waals surface area contributed by atoms with Crippen molar-refractivity contribution >= 4 is 34.2 Å². The Labute approximate surface area is 107 Å². The molecule has 0 aliphatic rings. The summed E-state index contributed by atoms with van der Waals surface area (Å²) in [6.07, 6.45) is 0. The zero-order valence-electron chi connectivity index (χ0n) is 8.68. The Balaban J connectivity index is -0.0000000277. The van der Waals surface area contributed by atoms with E-state index in [2.05, 4.69) is 0 Å². The topological polar surface area (TPSA) is 0 Å². The van der Waals surface area contributed by atoms with Crippen molar-refractivity contribution in [1.82, 2.24) is 0 Å². The van der Waals surface area contributed by atoms with E-state index in [1.54, 1.807) is 0 Å². The van der Waals surface area contributed by atoms with Crippen molar-refractivity contribution in [3.8, 4) is 0 Å². The van der Waals surface area contributed by atoms with Crippen molar-refractivity contribution in [2.75, 3.05) is 0 Å². The van der Waals surface area contributed by atoms with Crippen LogP contribution in [0.2, 0.25) is 0 Å². The molecule has 0 aromatic carbocycles. The molecular weight excluding hydrogens is 303 g/mol. The predicted molar refractivity (Wildman–Crippen MR) is 38.9 cm³/mol. The van der Waals surface area contributed by atoms with Crippen molar-refractivity contribution in [3.05, 3.63) is 0 Å². The average Bonchev–Trinajstić information content (AvgIpc) is 1.41. The summed E-state index contributed by atoms with van der Waals surface area (Å²) in [5.74, 6) is 0. The summed E-state index contributed by atoms with van der Waals surface area (Å²) in [7, 11) is -18.0. The van der Waals surface area contributed by atoms with E-state index in [4.69, 9.17) is 0 Å². The van der Waals surface area contributed by atoms with Crippen molar-refractivity contribution in [1.29, 1.82) is 0 Å². The van der Waals surface area contributed by atoms with Crippen LogP contribution in [0.5, 0.6) is 0 Å². The minimum absolute atomic E-state index is 0. The standard InChI is InChI=1S/3BF4.ClH.Li.H/c3*2-1(3,4)5;;;/h;;;1H;;/q3*-1;;+1;-1. The Kier molecular flexibility index (Phi) is 20.2. The first-order valence-electron chi connectivity index (χ1n) is 2.62. The SMILES string of the molecule is Cl.F[B-](F)(F)F.F[B-](F)(F)F.F[B-](F)(F)F.[H-].[Li+]. The van der Waals surface area contributed by atoms with E-state index in [0.29, 0.717) is 0 Å². The van der Waals surface area contributed by atoms with E-state index < -0.39 is 21.8 Å². The summed E-state index contributed by atoms with van der Waals surface area (Å²) in [6.45, 7) is 0. The van der Waals surface area contributed by atoms with Crippen LogP contribution in [0.3, 0.4) is 0 Å². The maximum atomic E-state index is 9.75. The predicted octanol–water partition coefficient (Wildman–Crippen LogP) is 1.44. The summed E-state index contributed by atoms with van der Waals surface area (Å²) in [5, 5.41) is 0. The molecule has 0 heterocycles. The van der Waals surface area contributed by atoms with Gasteiger partial charge in [-0.15, -0.1) is 12.4 Å². The molecule has 17 heteroatoms. The van der Waals surface area contributed by atoms with Crippen LogP contribution in [0.4, 0.5) is 51.8 Å². The molecule has 0 atom stereocenters. The minimum atomic E-state index is -6.00. The Hall–Kier alpha value is 0.242. The van der Waals surface area contributed by atoms with E-state index in [1.165, 1.54) is 0 Å². The molecule has 0 amide bonds. The van der Waals surface area contributed by atoms with Gasteiger partial charge in [0.1, 0.15) is 0 Å². The molecule has 0 saturated carbocycles. The number of hydrogen-bond donors (Lipinski definition) is 0. The quantitative estimate of drug-likeness (QED) is 0.469. The molecular formula is H2B3ClF12Li-3. The molecule has 0 aliphatic heterocycles. The molecule has 0 nitrogen and oxygen atoms in total. The third-order valence-electron chi connectivity index (χ3n) is 0. The first-order chi connectivity index (χ1) is 6.00. The largest absolute Gasteiger partial charge is 1.00 e. The minimum Gasteiger partial charge on any atom is -1.00 e. The second-order valence-corrected chi connectivity index (χ2v) is 1.48. The first-order valence-corrected chi connectivity index (χ1v) is 2.62. The zero-order chi connectivity index (χ0) is 13.5. The van der Waals surface area contributed by atoms with Gasteiger partial charge >= 0.3 is 40.6 Å². The Morgan fingerprint density at radius 2 is 0.412 bits per heavy atom. The van der Waals surface area contributed by atoms with Gasteiger partial charge in [-0.25, -0.2) is 0 Å². The second-order valence-electron chi connectivity index (χ2n) is 1.48. The molecule has 0 saturated heterocycles. The van der Waals surface area contributed by atoms with Crippen molar-refractivity contribution in [2.24, 2.45) is 0 Å². The van der Waals surface area contributed by atoms with Gasteiger partial charge in [0, 0.05) is 0 Å². The molecule has 0 N–H and O–H groups in total. The molecule has 0 radical (unpaired) electrons. The van der Waals surface area contributed by atoms with Crippen LogP contribution in [0.15, 0.2) is 0 Å². The molecule has 0 bridgehead atoms. The van der Waals surface area contributed by atoms with Gasteiger partial charge in [0.25, 0.3) is 0 Å². The van der Waals surface area contributed by atoms with Gasteiger partial charge in [-0.3, -0.25) is 0 Å². The maximum absolute atomic E-state index is 9.75. The van der Waals surface area contributed by atoms with Gasteiger partial charge in [-0.1, -0.05) is 0 Å². The normalized spacial score (nSPS) is 10.6. The average molecular weight is 305 g/mol. The third-order valence-corrected chi connectivity index (χ3v) is 0. The maximum Gasteiger partial charge on any atom is 1.00 e. The van der Waals surface area contributed by atoms with Crippen LogP contribution in [-0.2, 0) is 0 Å². The first kappa shape index (κ1) is 30.4. The fraction of sp³-hybridized carbons (Fsp3) is 0. The van der Waals surface area contributed by atoms with Crippen LogP contribution in [0.1, 0.15) is 1.43 Å². The van der Waals surface area contributed by atoms with E-state index in [1.807, 2.05) is 0 Å². The van der Waals surface area contributed by atoms with Crippen LogP contribution < -0.4 is 18.9 Å². The Morgan fingerprint density at radius 3 is 0.412 bits per heavy atom. The molecule has 0 aliphatic carbocycles. The van der Waals surface area contributed by atoms with Crippen molar-refractivity contribution in [3.63, 3.8) is 0 Å². The van der Waals surface area contributed by atoms with Gasteiger partial charge in [0.05, 0.1) is 0 Å².